The number of hydrogen-bond donors (Lipinski definition) is 2. The van der Waals surface area contributed by atoms with E-state index in [2.05, 4.69) is 15.6 Å². The summed E-state index contributed by atoms with van der Waals surface area (Å²) in [6, 6.07) is 16.0. The molecular weight excluding hydrogens is 366 g/mol. The zero-order chi connectivity index (χ0) is 18.6. The van der Waals surface area contributed by atoms with Crippen molar-refractivity contribution >= 4 is 34.7 Å². The van der Waals surface area contributed by atoms with E-state index in [1.807, 2.05) is 18.2 Å². The smallest absolute Gasteiger partial charge is 0.257 e. The third-order valence-electron chi connectivity index (χ3n) is 3.94. The molecule has 2 N–H and O–H groups in total. The van der Waals surface area contributed by atoms with Crippen LogP contribution >= 0.6 is 11.6 Å². The second-order valence-electron chi connectivity index (χ2n) is 5.88. The van der Waals surface area contributed by atoms with Crippen LogP contribution in [-0.2, 0) is 0 Å². The Hall–Kier alpha value is -3.25. The van der Waals surface area contributed by atoms with Crippen molar-refractivity contribution in [2.24, 2.45) is 0 Å². The lowest BCUT2D eigenvalue weighted by Gasteiger charge is -2.19. The number of halogens is 1. The first-order chi connectivity index (χ1) is 13.2. The van der Waals surface area contributed by atoms with E-state index in [-0.39, 0.29) is 5.91 Å². The van der Waals surface area contributed by atoms with Gasteiger partial charge in [0.15, 0.2) is 11.5 Å². The van der Waals surface area contributed by atoms with Gasteiger partial charge in [0.05, 0.1) is 5.56 Å². The van der Waals surface area contributed by atoms with Crippen molar-refractivity contribution in [3.63, 3.8) is 0 Å². The number of hydrogen-bond acceptors (Lipinski definition) is 5. The average Bonchev–Trinajstić information content (AvgIpc) is 2.70. The van der Waals surface area contributed by atoms with Crippen LogP contribution in [0.1, 0.15) is 10.4 Å². The molecule has 0 fully saturated rings. The molecule has 7 heteroatoms. The summed E-state index contributed by atoms with van der Waals surface area (Å²) in [6.07, 6.45) is 1.52. The molecule has 0 radical (unpaired) electrons. The van der Waals surface area contributed by atoms with Gasteiger partial charge in [0.25, 0.3) is 5.91 Å². The number of benzene rings is 2. The predicted octanol–water partition coefficient (Wildman–Crippen LogP) is 4.50. The fourth-order valence-electron chi connectivity index (χ4n) is 2.61. The maximum absolute atomic E-state index is 12.3. The molecule has 27 heavy (non-hydrogen) atoms. The minimum Gasteiger partial charge on any atom is -0.486 e. The minimum atomic E-state index is -0.240. The molecule has 0 bridgehead atoms. The quantitative estimate of drug-likeness (QED) is 0.696. The molecule has 3 aromatic rings. The van der Waals surface area contributed by atoms with Crippen LogP contribution in [0.2, 0.25) is 5.02 Å². The Morgan fingerprint density at radius 2 is 1.67 bits per heavy atom. The summed E-state index contributed by atoms with van der Waals surface area (Å²) < 4.78 is 11.1. The number of carbonyl (C=O) groups is 1. The highest BCUT2D eigenvalue weighted by atomic mass is 35.5. The van der Waals surface area contributed by atoms with Crippen molar-refractivity contribution in [2.75, 3.05) is 23.8 Å². The zero-order valence-electron chi connectivity index (χ0n) is 14.2. The number of pyridine rings is 1. The van der Waals surface area contributed by atoms with Gasteiger partial charge in [-0.1, -0.05) is 11.6 Å². The van der Waals surface area contributed by atoms with Gasteiger partial charge in [-0.05, 0) is 48.5 Å². The highest BCUT2D eigenvalue weighted by Crippen LogP contribution is 2.33. The van der Waals surface area contributed by atoms with Crippen LogP contribution in [-0.4, -0.2) is 24.1 Å². The van der Waals surface area contributed by atoms with Crippen LogP contribution in [0, 0.1) is 0 Å². The lowest BCUT2D eigenvalue weighted by Crippen LogP contribution is -2.15. The van der Waals surface area contributed by atoms with Gasteiger partial charge < -0.3 is 20.1 Å². The molecule has 0 spiro atoms. The van der Waals surface area contributed by atoms with Gasteiger partial charge in [0.2, 0.25) is 0 Å². The third kappa shape index (κ3) is 4.12. The summed E-state index contributed by atoms with van der Waals surface area (Å²) in [7, 11) is 0. The molecule has 0 aliphatic carbocycles. The number of rotatable bonds is 4. The van der Waals surface area contributed by atoms with Gasteiger partial charge in [0.1, 0.15) is 19.0 Å². The van der Waals surface area contributed by atoms with Crippen molar-refractivity contribution in [1.82, 2.24) is 4.98 Å². The van der Waals surface area contributed by atoms with Gasteiger partial charge in [0, 0.05) is 28.7 Å². The summed E-state index contributed by atoms with van der Waals surface area (Å²) in [5, 5.41) is 6.60. The normalized spacial score (nSPS) is 12.3. The maximum atomic E-state index is 12.3. The van der Waals surface area contributed by atoms with Crippen molar-refractivity contribution in [3.8, 4) is 11.5 Å². The van der Waals surface area contributed by atoms with E-state index in [1.54, 1.807) is 36.4 Å². The molecule has 0 atom stereocenters. The Morgan fingerprint density at radius 1 is 0.926 bits per heavy atom. The van der Waals surface area contributed by atoms with E-state index >= 15 is 0 Å². The molecule has 6 nitrogen and oxygen atoms in total. The number of aromatic nitrogens is 1. The topological polar surface area (TPSA) is 72.5 Å². The van der Waals surface area contributed by atoms with Crippen LogP contribution in [0.15, 0.2) is 60.8 Å². The molecule has 0 saturated heterocycles. The van der Waals surface area contributed by atoms with E-state index in [1.165, 1.54) is 6.20 Å². The average molecular weight is 382 g/mol. The van der Waals surface area contributed by atoms with Gasteiger partial charge in [-0.25, -0.2) is 4.98 Å². The second kappa shape index (κ2) is 7.55. The molecule has 4 rings (SSSR count). The van der Waals surface area contributed by atoms with Crippen molar-refractivity contribution in [1.29, 1.82) is 0 Å². The lowest BCUT2D eigenvalue weighted by atomic mass is 10.2. The molecule has 2 heterocycles. The van der Waals surface area contributed by atoms with E-state index in [4.69, 9.17) is 21.1 Å². The number of carbonyl (C=O) groups excluding carboxylic acids is 1. The first-order valence-electron chi connectivity index (χ1n) is 8.37. The van der Waals surface area contributed by atoms with Crippen molar-refractivity contribution < 1.29 is 14.3 Å². The Labute approximate surface area is 161 Å². The molecule has 0 unspecified atom stereocenters. The highest BCUT2D eigenvalue weighted by Gasteiger charge is 2.12. The molecule has 1 amide bonds. The Balaban J connectivity index is 1.42. The predicted molar refractivity (Wildman–Crippen MR) is 104 cm³/mol. The number of nitrogens with zero attached hydrogens (tertiary/aromatic N) is 1. The standard InChI is InChI=1S/C20H16ClN3O3/c21-14-2-4-15(5-3-14)24-20(25)13-1-8-19(22-12-13)23-16-6-7-17-18(11-16)27-10-9-26-17/h1-8,11-12H,9-10H2,(H,22,23)(H,24,25). The van der Waals surface area contributed by atoms with Crippen molar-refractivity contribution in [3.05, 3.63) is 71.4 Å². The van der Waals surface area contributed by atoms with E-state index < -0.39 is 0 Å². The second-order valence-corrected chi connectivity index (χ2v) is 6.31. The van der Waals surface area contributed by atoms with Gasteiger partial charge >= 0.3 is 0 Å². The summed E-state index contributed by atoms with van der Waals surface area (Å²) in [6.45, 7) is 1.09. The van der Waals surface area contributed by atoms with Gasteiger partial charge in [-0.2, -0.15) is 0 Å². The molecule has 1 aromatic heterocycles. The first-order valence-corrected chi connectivity index (χ1v) is 8.75. The van der Waals surface area contributed by atoms with Crippen molar-refractivity contribution in [2.45, 2.75) is 0 Å². The summed E-state index contributed by atoms with van der Waals surface area (Å²) in [4.78, 5) is 16.6. The summed E-state index contributed by atoms with van der Waals surface area (Å²) in [5.41, 5.74) is 1.95. The van der Waals surface area contributed by atoms with Crippen LogP contribution < -0.4 is 20.1 Å². The summed E-state index contributed by atoms with van der Waals surface area (Å²) in [5.74, 6) is 1.81. The molecular formula is C20H16ClN3O3. The number of amides is 1. The first kappa shape index (κ1) is 17.2. The zero-order valence-corrected chi connectivity index (χ0v) is 15.0. The monoisotopic (exact) mass is 381 g/mol. The summed E-state index contributed by atoms with van der Waals surface area (Å²) >= 11 is 5.84. The van der Waals surface area contributed by atoms with E-state index in [9.17, 15) is 4.79 Å². The van der Waals surface area contributed by atoms with Crippen LogP contribution in [0.3, 0.4) is 0 Å². The van der Waals surface area contributed by atoms with Crippen LogP contribution in [0.25, 0.3) is 0 Å². The lowest BCUT2D eigenvalue weighted by molar-refractivity contribution is 0.102. The molecule has 136 valence electrons. The SMILES string of the molecule is O=C(Nc1ccc(Cl)cc1)c1ccc(Nc2ccc3c(c2)OCCO3)nc1. The molecule has 0 saturated carbocycles. The number of ether oxygens (including phenoxy) is 2. The Morgan fingerprint density at radius 3 is 2.41 bits per heavy atom. The van der Waals surface area contributed by atoms with Crippen LogP contribution in [0.5, 0.6) is 11.5 Å². The van der Waals surface area contributed by atoms with E-state index in [0.29, 0.717) is 41.1 Å². The molecule has 1 aliphatic heterocycles. The fraction of sp³-hybridized carbons (Fsp3) is 0.100. The maximum Gasteiger partial charge on any atom is 0.257 e. The molecule has 1 aliphatic rings. The van der Waals surface area contributed by atoms with Crippen LogP contribution in [0.4, 0.5) is 17.2 Å². The Kier molecular flexibility index (Phi) is 4.80. The largest absolute Gasteiger partial charge is 0.486 e. The number of fused-ring (bicyclic) bond motifs is 1. The Bertz CT molecular complexity index is 959. The minimum absolute atomic E-state index is 0.240. The highest BCUT2D eigenvalue weighted by molar-refractivity contribution is 6.30. The number of anilines is 3. The molecule has 2 aromatic carbocycles. The van der Waals surface area contributed by atoms with E-state index in [0.717, 1.165) is 11.4 Å². The fourth-order valence-corrected chi connectivity index (χ4v) is 2.73. The third-order valence-corrected chi connectivity index (χ3v) is 4.19. The number of nitrogens with one attached hydrogen (secondary N) is 2. The van der Waals surface area contributed by atoms with Gasteiger partial charge in [-0.15, -0.1) is 0 Å². The van der Waals surface area contributed by atoms with Gasteiger partial charge in [-0.3, -0.25) is 4.79 Å².